The fourth-order valence-electron chi connectivity index (χ4n) is 3.28. The molecule has 138 valence electrons. The predicted octanol–water partition coefficient (Wildman–Crippen LogP) is 0.267. The molecule has 0 saturated carbocycles. The number of amides is 3. The minimum atomic E-state index is -0.0725. The summed E-state index contributed by atoms with van der Waals surface area (Å²) < 4.78 is 0. The van der Waals surface area contributed by atoms with Crippen molar-refractivity contribution in [1.82, 2.24) is 15.1 Å². The average molecular weight is 361 g/mol. The molecular formula is C16H29ClN4O3. The largest absolute Gasteiger partial charge is 0.354 e. The van der Waals surface area contributed by atoms with Gasteiger partial charge in [-0.2, -0.15) is 0 Å². The summed E-state index contributed by atoms with van der Waals surface area (Å²) in [5.41, 5.74) is 5.37. The predicted molar refractivity (Wildman–Crippen MR) is 93.7 cm³/mol. The molecule has 0 radical (unpaired) electrons. The minimum Gasteiger partial charge on any atom is -0.354 e. The summed E-state index contributed by atoms with van der Waals surface area (Å²) >= 11 is 0. The first-order chi connectivity index (χ1) is 11.1. The topological polar surface area (TPSA) is 95.7 Å². The van der Waals surface area contributed by atoms with Crippen LogP contribution in [0.4, 0.5) is 0 Å². The third kappa shape index (κ3) is 5.94. The van der Waals surface area contributed by atoms with Crippen LogP contribution in [0.2, 0.25) is 0 Å². The molecule has 1 unspecified atom stereocenters. The lowest BCUT2D eigenvalue weighted by Gasteiger charge is -2.37. The highest BCUT2D eigenvalue weighted by Crippen LogP contribution is 2.18. The molecule has 2 heterocycles. The van der Waals surface area contributed by atoms with Crippen molar-refractivity contribution >= 4 is 30.1 Å². The fraction of sp³-hybridized carbons (Fsp3) is 0.812. The lowest BCUT2D eigenvalue weighted by atomic mass is 10.0. The Labute approximate surface area is 149 Å². The minimum absolute atomic E-state index is 0. The van der Waals surface area contributed by atoms with Gasteiger partial charge in [0.15, 0.2) is 0 Å². The highest BCUT2D eigenvalue weighted by atomic mass is 35.5. The zero-order valence-corrected chi connectivity index (χ0v) is 15.0. The molecule has 8 heteroatoms. The van der Waals surface area contributed by atoms with Gasteiger partial charge in [0.25, 0.3) is 0 Å². The van der Waals surface area contributed by atoms with Crippen LogP contribution in [-0.2, 0) is 14.4 Å². The number of piperidine rings is 2. The smallest absolute Gasteiger partial charge is 0.242 e. The first-order valence-corrected chi connectivity index (χ1v) is 8.66. The average Bonchev–Trinajstić information content (AvgIpc) is 2.55. The molecule has 0 spiro atoms. The molecule has 3 N–H and O–H groups in total. The van der Waals surface area contributed by atoms with Gasteiger partial charge in [-0.25, -0.2) is 0 Å². The van der Waals surface area contributed by atoms with Crippen LogP contribution >= 0.6 is 12.4 Å². The second kappa shape index (κ2) is 10.5. The van der Waals surface area contributed by atoms with Crippen LogP contribution in [0.1, 0.15) is 44.9 Å². The number of carbonyl (C=O) groups excluding carboxylic acids is 3. The first-order valence-electron chi connectivity index (χ1n) is 8.66. The van der Waals surface area contributed by atoms with E-state index >= 15 is 0 Å². The van der Waals surface area contributed by atoms with Crippen molar-refractivity contribution in [3.05, 3.63) is 0 Å². The molecule has 1 atom stereocenters. The lowest BCUT2D eigenvalue weighted by molar-refractivity contribution is -0.144. The van der Waals surface area contributed by atoms with Crippen molar-refractivity contribution in [1.29, 1.82) is 0 Å². The molecule has 2 fully saturated rings. The maximum atomic E-state index is 12.6. The highest BCUT2D eigenvalue weighted by Gasteiger charge is 2.29. The second-order valence-corrected chi connectivity index (χ2v) is 6.35. The van der Waals surface area contributed by atoms with Crippen LogP contribution < -0.4 is 11.1 Å². The maximum Gasteiger partial charge on any atom is 0.242 e. The Balaban J connectivity index is 0.00000288. The zero-order valence-electron chi connectivity index (χ0n) is 14.2. The van der Waals surface area contributed by atoms with Crippen molar-refractivity contribution in [2.24, 2.45) is 5.73 Å². The van der Waals surface area contributed by atoms with Crippen LogP contribution in [0.25, 0.3) is 0 Å². The first kappa shape index (κ1) is 20.7. The van der Waals surface area contributed by atoms with Gasteiger partial charge in [0.2, 0.25) is 17.7 Å². The number of carbonyl (C=O) groups is 3. The van der Waals surface area contributed by atoms with E-state index in [-0.39, 0.29) is 42.7 Å². The molecule has 3 amide bonds. The highest BCUT2D eigenvalue weighted by molar-refractivity contribution is 5.86. The summed E-state index contributed by atoms with van der Waals surface area (Å²) in [5.74, 6) is 0.00381. The number of hydrogen-bond acceptors (Lipinski definition) is 4. The van der Waals surface area contributed by atoms with Gasteiger partial charge < -0.3 is 20.9 Å². The molecule has 0 aromatic carbocycles. The zero-order chi connectivity index (χ0) is 16.7. The van der Waals surface area contributed by atoms with E-state index in [1.165, 1.54) is 0 Å². The monoisotopic (exact) mass is 360 g/mol. The summed E-state index contributed by atoms with van der Waals surface area (Å²) in [6.45, 7) is 2.36. The van der Waals surface area contributed by atoms with Gasteiger partial charge in [0.1, 0.15) is 0 Å². The quantitative estimate of drug-likeness (QED) is 0.710. The van der Waals surface area contributed by atoms with E-state index in [1.807, 2.05) is 4.90 Å². The number of hydrogen-bond donors (Lipinski definition) is 2. The summed E-state index contributed by atoms with van der Waals surface area (Å²) in [5, 5.41) is 2.86. The number of likely N-dealkylation sites (tertiary alicyclic amines) is 2. The third-order valence-electron chi connectivity index (χ3n) is 4.60. The van der Waals surface area contributed by atoms with E-state index in [1.54, 1.807) is 4.90 Å². The van der Waals surface area contributed by atoms with Crippen molar-refractivity contribution in [2.75, 3.05) is 32.7 Å². The molecule has 2 aliphatic rings. The van der Waals surface area contributed by atoms with E-state index < -0.39 is 0 Å². The van der Waals surface area contributed by atoms with Crippen LogP contribution in [0.3, 0.4) is 0 Å². The molecule has 0 aromatic heterocycles. The van der Waals surface area contributed by atoms with Crippen LogP contribution in [-0.4, -0.2) is 66.3 Å². The lowest BCUT2D eigenvalue weighted by Crippen LogP contribution is -2.53. The summed E-state index contributed by atoms with van der Waals surface area (Å²) in [7, 11) is 0. The van der Waals surface area contributed by atoms with Crippen LogP contribution in [0, 0.1) is 0 Å². The molecule has 0 bridgehead atoms. The molecule has 2 saturated heterocycles. The molecule has 2 aliphatic heterocycles. The van der Waals surface area contributed by atoms with Gasteiger partial charge in [0, 0.05) is 45.1 Å². The van der Waals surface area contributed by atoms with Gasteiger partial charge in [-0.3, -0.25) is 14.4 Å². The van der Waals surface area contributed by atoms with Gasteiger partial charge >= 0.3 is 0 Å². The number of nitrogens with two attached hydrogens (primary N) is 1. The molecule has 0 aromatic rings. The normalized spacial score (nSPS) is 21.2. The summed E-state index contributed by atoms with van der Waals surface area (Å²) in [4.78, 5) is 39.5. The van der Waals surface area contributed by atoms with Crippen LogP contribution in [0.15, 0.2) is 0 Å². The number of nitrogens with one attached hydrogen (secondary N) is 1. The maximum absolute atomic E-state index is 12.6. The Bertz CT molecular complexity index is 447. The molecule has 2 rings (SSSR count). The molecular weight excluding hydrogens is 332 g/mol. The van der Waals surface area contributed by atoms with Crippen molar-refractivity contribution in [3.8, 4) is 0 Å². The second-order valence-electron chi connectivity index (χ2n) is 6.35. The Morgan fingerprint density at radius 3 is 2.62 bits per heavy atom. The Morgan fingerprint density at radius 1 is 1.17 bits per heavy atom. The SMILES string of the molecule is Cl.NCCC(=O)NCC1CCCCN1C(=O)CN1CCCCC1=O. The summed E-state index contributed by atoms with van der Waals surface area (Å²) in [6, 6.07) is 0.0258. The fourth-order valence-corrected chi connectivity index (χ4v) is 3.28. The van der Waals surface area contributed by atoms with Crippen LogP contribution in [0.5, 0.6) is 0 Å². The summed E-state index contributed by atoms with van der Waals surface area (Å²) in [6.07, 6.45) is 5.68. The van der Waals surface area contributed by atoms with E-state index in [0.717, 1.165) is 32.1 Å². The number of rotatable bonds is 6. The number of halogens is 1. The van der Waals surface area contributed by atoms with Crippen molar-refractivity contribution in [2.45, 2.75) is 51.0 Å². The van der Waals surface area contributed by atoms with Gasteiger partial charge in [-0.15, -0.1) is 12.4 Å². The van der Waals surface area contributed by atoms with Gasteiger partial charge in [-0.05, 0) is 32.1 Å². The molecule has 24 heavy (non-hydrogen) atoms. The molecule has 0 aliphatic carbocycles. The van der Waals surface area contributed by atoms with Gasteiger partial charge in [0.05, 0.1) is 6.54 Å². The van der Waals surface area contributed by atoms with Crippen molar-refractivity contribution in [3.63, 3.8) is 0 Å². The van der Waals surface area contributed by atoms with E-state index in [4.69, 9.17) is 5.73 Å². The van der Waals surface area contributed by atoms with E-state index in [9.17, 15) is 14.4 Å². The Kier molecular flexibility index (Phi) is 9.07. The van der Waals surface area contributed by atoms with Crippen molar-refractivity contribution < 1.29 is 14.4 Å². The van der Waals surface area contributed by atoms with E-state index in [2.05, 4.69) is 5.32 Å². The molecule has 7 nitrogen and oxygen atoms in total. The standard InChI is InChI=1S/C16H28N4O3.ClH/c17-8-7-14(21)18-11-13-5-1-4-10-20(13)16(23)12-19-9-3-2-6-15(19)22;/h13H,1-12,17H2,(H,18,21);1H. The number of nitrogens with zero attached hydrogens (tertiary/aromatic N) is 2. The van der Waals surface area contributed by atoms with Gasteiger partial charge in [-0.1, -0.05) is 0 Å². The Hall–Kier alpha value is -1.34. The van der Waals surface area contributed by atoms with E-state index in [0.29, 0.717) is 39.0 Å². The Morgan fingerprint density at radius 2 is 1.92 bits per heavy atom. The third-order valence-corrected chi connectivity index (χ3v) is 4.60.